The lowest BCUT2D eigenvalue weighted by Crippen LogP contribution is -2.15. The van der Waals surface area contributed by atoms with Crippen molar-refractivity contribution in [2.45, 2.75) is 6.54 Å². The van der Waals surface area contributed by atoms with Crippen LogP contribution in [0.3, 0.4) is 0 Å². The minimum absolute atomic E-state index is 0.769. The topological polar surface area (TPSA) is 3.24 Å². The first kappa shape index (κ1) is 14.0. The lowest BCUT2D eigenvalue weighted by Gasteiger charge is -2.17. The van der Waals surface area contributed by atoms with Crippen molar-refractivity contribution < 1.29 is 0 Å². The Morgan fingerprint density at radius 2 is 1.18 bits per heavy atom. The molecular formula is C21H17N. The van der Waals surface area contributed by atoms with Crippen LogP contribution < -0.4 is 4.90 Å². The second kappa shape index (κ2) is 7.15. The molecule has 0 atom stereocenters. The molecule has 1 heteroatoms. The van der Waals surface area contributed by atoms with Crippen molar-refractivity contribution in [1.82, 2.24) is 0 Å². The van der Waals surface area contributed by atoms with Crippen molar-refractivity contribution in [3.05, 3.63) is 102 Å². The first-order valence-electron chi connectivity index (χ1n) is 7.35. The van der Waals surface area contributed by atoms with Crippen molar-refractivity contribution in [3.63, 3.8) is 0 Å². The van der Waals surface area contributed by atoms with Crippen LogP contribution in [0, 0.1) is 12.0 Å². The Balaban J connectivity index is 1.89. The average molecular weight is 283 g/mol. The highest BCUT2D eigenvalue weighted by Crippen LogP contribution is 2.16. The molecule has 0 aliphatic rings. The molecule has 3 rings (SSSR count). The molecule has 3 aromatic rings. The van der Waals surface area contributed by atoms with E-state index in [1.54, 1.807) is 0 Å². The number of nitrogens with zero attached hydrogens (tertiary/aromatic N) is 1. The third kappa shape index (κ3) is 3.77. The molecule has 0 N–H and O–H groups in total. The number of hydrogen-bond donors (Lipinski definition) is 0. The van der Waals surface area contributed by atoms with E-state index in [1.807, 2.05) is 54.6 Å². The fraction of sp³-hybridized carbons (Fsp3) is 0.0476. The summed E-state index contributed by atoms with van der Waals surface area (Å²) in [6.45, 7) is 0.769. The highest BCUT2D eigenvalue weighted by atomic mass is 15.1. The Morgan fingerprint density at radius 1 is 0.636 bits per heavy atom. The Kier molecular flexibility index (Phi) is 4.54. The van der Waals surface area contributed by atoms with Gasteiger partial charge in [0, 0.05) is 17.3 Å². The van der Waals surface area contributed by atoms with Gasteiger partial charge in [-0.1, -0.05) is 66.7 Å². The molecule has 106 valence electrons. The van der Waals surface area contributed by atoms with Crippen LogP contribution in [0.15, 0.2) is 91.0 Å². The SMILES string of the molecule is C(#CN(Cc1ccccc1)c1ccccc1)c1ccccc1. The Hall–Kier alpha value is -2.98. The minimum atomic E-state index is 0.769. The predicted octanol–water partition coefficient (Wildman–Crippen LogP) is 4.70. The zero-order valence-electron chi connectivity index (χ0n) is 12.3. The maximum Gasteiger partial charge on any atom is 0.0565 e. The highest BCUT2D eigenvalue weighted by molar-refractivity contribution is 5.53. The van der Waals surface area contributed by atoms with Crippen LogP contribution in [-0.2, 0) is 6.54 Å². The first-order valence-corrected chi connectivity index (χ1v) is 7.35. The van der Waals surface area contributed by atoms with Gasteiger partial charge in [0.05, 0.1) is 6.54 Å². The van der Waals surface area contributed by atoms with Gasteiger partial charge in [-0.25, -0.2) is 0 Å². The molecule has 0 radical (unpaired) electrons. The third-order valence-corrected chi connectivity index (χ3v) is 3.36. The zero-order valence-corrected chi connectivity index (χ0v) is 12.3. The molecule has 0 bridgehead atoms. The summed E-state index contributed by atoms with van der Waals surface area (Å²) in [7, 11) is 0. The summed E-state index contributed by atoms with van der Waals surface area (Å²) in [6.07, 6.45) is 0. The summed E-state index contributed by atoms with van der Waals surface area (Å²) >= 11 is 0. The highest BCUT2D eigenvalue weighted by Gasteiger charge is 2.03. The summed E-state index contributed by atoms with van der Waals surface area (Å²) in [6, 6.07) is 34.0. The molecule has 0 heterocycles. The largest absolute Gasteiger partial charge is 0.297 e. The molecule has 0 amide bonds. The second-order valence-corrected chi connectivity index (χ2v) is 5.01. The number of benzene rings is 3. The molecule has 0 aliphatic carbocycles. The maximum atomic E-state index is 3.28. The Bertz CT molecular complexity index is 753. The van der Waals surface area contributed by atoms with Gasteiger partial charge < -0.3 is 0 Å². The van der Waals surface area contributed by atoms with E-state index in [2.05, 4.69) is 53.3 Å². The standard InChI is InChI=1S/C21H17N/c1-4-10-19(11-5-1)16-17-22(21-14-8-3-9-15-21)18-20-12-6-2-7-13-20/h1-15H,18H2. The summed E-state index contributed by atoms with van der Waals surface area (Å²) in [4.78, 5) is 2.09. The molecule has 0 saturated carbocycles. The smallest absolute Gasteiger partial charge is 0.0565 e. The normalized spacial score (nSPS) is 9.64. The van der Waals surface area contributed by atoms with Crippen LogP contribution in [0.25, 0.3) is 0 Å². The molecule has 0 spiro atoms. The Morgan fingerprint density at radius 3 is 1.82 bits per heavy atom. The Labute approximate surface area is 131 Å². The van der Waals surface area contributed by atoms with Crippen LogP contribution >= 0.6 is 0 Å². The van der Waals surface area contributed by atoms with Crippen molar-refractivity contribution in [1.29, 1.82) is 0 Å². The van der Waals surface area contributed by atoms with E-state index < -0.39 is 0 Å². The molecule has 22 heavy (non-hydrogen) atoms. The van der Waals surface area contributed by atoms with Crippen molar-refractivity contribution in [2.75, 3.05) is 4.90 Å². The number of para-hydroxylation sites is 1. The van der Waals surface area contributed by atoms with Gasteiger partial charge in [-0.15, -0.1) is 0 Å². The molecule has 0 aromatic heterocycles. The van der Waals surface area contributed by atoms with E-state index >= 15 is 0 Å². The van der Waals surface area contributed by atoms with E-state index in [0.717, 1.165) is 17.8 Å². The van der Waals surface area contributed by atoms with Gasteiger partial charge in [-0.3, -0.25) is 4.90 Å². The quantitative estimate of drug-likeness (QED) is 0.497. The van der Waals surface area contributed by atoms with Gasteiger partial charge in [-0.2, -0.15) is 0 Å². The number of hydrogen-bond acceptors (Lipinski definition) is 1. The van der Waals surface area contributed by atoms with Crippen molar-refractivity contribution in [2.24, 2.45) is 0 Å². The molecule has 3 aromatic carbocycles. The van der Waals surface area contributed by atoms with Gasteiger partial charge in [0.25, 0.3) is 0 Å². The van der Waals surface area contributed by atoms with Crippen LogP contribution in [0.5, 0.6) is 0 Å². The van der Waals surface area contributed by atoms with Crippen molar-refractivity contribution in [3.8, 4) is 12.0 Å². The van der Waals surface area contributed by atoms with E-state index in [-0.39, 0.29) is 0 Å². The summed E-state index contributed by atoms with van der Waals surface area (Å²) in [5.74, 6) is 3.24. The number of anilines is 1. The van der Waals surface area contributed by atoms with E-state index in [4.69, 9.17) is 0 Å². The number of rotatable bonds is 3. The van der Waals surface area contributed by atoms with Gasteiger partial charge in [0.2, 0.25) is 0 Å². The molecule has 0 saturated heterocycles. The van der Waals surface area contributed by atoms with Gasteiger partial charge in [-0.05, 0) is 35.7 Å². The molecule has 0 fully saturated rings. The van der Waals surface area contributed by atoms with Crippen LogP contribution in [0.2, 0.25) is 0 Å². The molecule has 1 nitrogen and oxygen atoms in total. The monoisotopic (exact) mass is 283 g/mol. The fourth-order valence-electron chi connectivity index (χ4n) is 2.22. The predicted molar refractivity (Wildman–Crippen MR) is 92.4 cm³/mol. The summed E-state index contributed by atoms with van der Waals surface area (Å²) in [5.41, 5.74) is 3.37. The van der Waals surface area contributed by atoms with E-state index in [1.165, 1.54) is 5.56 Å². The average Bonchev–Trinajstić information content (AvgIpc) is 2.61. The maximum absolute atomic E-state index is 3.28. The molecular weight excluding hydrogens is 266 g/mol. The van der Waals surface area contributed by atoms with Crippen LogP contribution in [0.1, 0.15) is 11.1 Å². The lowest BCUT2D eigenvalue weighted by atomic mass is 10.2. The van der Waals surface area contributed by atoms with Gasteiger partial charge >= 0.3 is 0 Å². The minimum Gasteiger partial charge on any atom is -0.297 e. The molecule has 0 unspecified atom stereocenters. The van der Waals surface area contributed by atoms with Gasteiger partial charge in [0.15, 0.2) is 0 Å². The first-order chi connectivity index (χ1) is 10.9. The lowest BCUT2D eigenvalue weighted by molar-refractivity contribution is 0.993. The van der Waals surface area contributed by atoms with E-state index in [0.29, 0.717) is 0 Å². The summed E-state index contributed by atoms with van der Waals surface area (Å²) < 4.78 is 0. The van der Waals surface area contributed by atoms with Crippen LogP contribution in [-0.4, -0.2) is 0 Å². The fourth-order valence-corrected chi connectivity index (χ4v) is 2.22. The van der Waals surface area contributed by atoms with E-state index in [9.17, 15) is 0 Å². The van der Waals surface area contributed by atoms with Gasteiger partial charge in [0.1, 0.15) is 0 Å². The zero-order chi connectivity index (χ0) is 15.0. The summed E-state index contributed by atoms with van der Waals surface area (Å²) in [5, 5.41) is 0. The molecule has 0 aliphatic heterocycles. The second-order valence-electron chi connectivity index (χ2n) is 5.01. The van der Waals surface area contributed by atoms with Crippen LogP contribution in [0.4, 0.5) is 5.69 Å². The third-order valence-electron chi connectivity index (χ3n) is 3.36. The van der Waals surface area contributed by atoms with Crippen molar-refractivity contribution >= 4 is 5.69 Å².